The molecule has 0 atom stereocenters. The van der Waals surface area contributed by atoms with E-state index in [0.29, 0.717) is 17.3 Å². The van der Waals surface area contributed by atoms with Gasteiger partial charge in [-0.05, 0) is 30.3 Å². The van der Waals surface area contributed by atoms with E-state index in [2.05, 4.69) is 5.32 Å². The third kappa shape index (κ3) is 4.47. The van der Waals surface area contributed by atoms with Crippen molar-refractivity contribution in [2.45, 2.75) is 4.90 Å². The Bertz CT molecular complexity index is 677. The molecule has 0 aliphatic carbocycles. The van der Waals surface area contributed by atoms with E-state index in [1.54, 1.807) is 30.0 Å². The zero-order valence-electron chi connectivity index (χ0n) is 11.5. The first-order chi connectivity index (χ1) is 10.6. The summed E-state index contributed by atoms with van der Waals surface area (Å²) in [6, 6.07) is 13.3. The van der Waals surface area contributed by atoms with Gasteiger partial charge in [0, 0.05) is 28.3 Å². The van der Waals surface area contributed by atoms with Gasteiger partial charge in [0.25, 0.3) is 11.6 Å². The number of nitro groups is 1. The summed E-state index contributed by atoms with van der Waals surface area (Å²) in [7, 11) is 0. The van der Waals surface area contributed by atoms with Gasteiger partial charge in [-0.15, -0.1) is 11.8 Å². The van der Waals surface area contributed by atoms with E-state index in [1.807, 2.05) is 12.1 Å². The number of amides is 1. The van der Waals surface area contributed by atoms with Gasteiger partial charge in [0.2, 0.25) is 0 Å². The molecule has 2 aromatic carbocycles. The van der Waals surface area contributed by atoms with Gasteiger partial charge < -0.3 is 5.32 Å². The van der Waals surface area contributed by atoms with E-state index in [1.165, 1.54) is 18.2 Å². The molecule has 1 N–H and O–H groups in total. The summed E-state index contributed by atoms with van der Waals surface area (Å²) in [4.78, 5) is 23.4. The van der Waals surface area contributed by atoms with Crippen molar-refractivity contribution in [3.8, 4) is 0 Å². The van der Waals surface area contributed by atoms with Gasteiger partial charge >= 0.3 is 0 Å². The summed E-state index contributed by atoms with van der Waals surface area (Å²) in [5.41, 5.74) is -0.116. The van der Waals surface area contributed by atoms with E-state index in [-0.39, 0.29) is 11.3 Å². The first-order valence-corrected chi connectivity index (χ1v) is 7.84. The maximum Gasteiger partial charge on any atom is 0.282 e. The van der Waals surface area contributed by atoms with E-state index in [4.69, 9.17) is 11.6 Å². The smallest absolute Gasteiger partial charge is 0.282 e. The molecule has 0 unspecified atom stereocenters. The minimum atomic E-state index is -0.558. The molecular formula is C15H13ClN2O3S. The molecule has 0 aliphatic heterocycles. The molecule has 0 aliphatic rings. The van der Waals surface area contributed by atoms with Crippen LogP contribution in [-0.4, -0.2) is 23.1 Å². The first-order valence-electron chi connectivity index (χ1n) is 6.48. The van der Waals surface area contributed by atoms with Crippen LogP contribution >= 0.6 is 23.4 Å². The number of nitrogens with zero attached hydrogens (tertiary/aromatic N) is 1. The van der Waals surface area contributed by atoms with E-state index < -0.39 is 10.8 Å². The zero-order valence-corrected chi connectivity index (χ0v) is 13.1. The van der Waals surface area contributed by atoms with Crippen LogP contribution in [0.1, 0.15) is 10.4 Å². The summed E-state index contributed by atoms with van der Waals surface area (Å²) in [5.74, 6) is 0.220. The number of hydrogen-bond donors (Lipinski definition) is 1. The maximum absolute atomic E-state index is 12.0. The average Bonchev–Trinajstić information content (AvgIpc) is 2.53. The SMILES string of the molecule is O=C(NCCSc1ccc(Cl)cc1)c1ccccc1[N+](=O)[O-]. The molecule has 0 spiro atoms. The highest BCUT2D eigenvalue weighted by Gasteiger charge is 2.18. The fraction of sp³-hybridized carbons (Fsp3) is 0.133. The molecular weight excluding hydrogens is 324 g/mol. The second kappa shape index (κ2) is 7.82. The fourth-order valence-electron chi connectivity index (χ4n) is 1.78. The number of benzene rings is 2. The number of thioether (sulfide) groups is 1. The van der Waals surface area contributed by atoms with Crippen molar-refractivity contribution >= 4 is 35.0 Å². The molecule has 5 nitrogen and oxygen atoms in total. The van der Waals surface area contributed by atoms with Crippen LogP contribution in [0.15, 0.2) is 53.4 Å². The van der Waals surface area contributed by atoms with Crippen LogP contribution in [0, 0.1) is 10.1 Å². The van der Waals surface area contributed by atoms with Crippen molar-refractivity contribution in [3.05, 3.63) is 69.2 Å². The van der Waals surface area contributed by atoms with Crippen molar-refractivity contribution in [2.24, 2.45) is 0 Å². The maximum atomic E-state index is 12.0. The number of rotatable bonds is 6. The molecule has 2 aromatic rings. The van der Waals surface area contributed by atoms with Crippen LogP contribution in [-0.2, 0) is 0 Å². The van der Waals surface area contributed by atoms with Crippen LogP contribution in [0.25, 0.3) is 0 Å². The highest BCUT2D eigenvalue weighted by Crippen LogP contribution is 2.20. The molecule has 0 aromatic heterocycles. The molecule has 2 rings (SSSR count). The normalized spacial score (nSPS) is 10.2. The van der Waals surface area contributed by atoms with Crippen molar-refractivity contribution in [1.82, 2.24) is 5.32 Å². The monoisotopic (exact) mass is 336 g/mol. The van der Waals surface area contributed by atoms with Crippen LogP contribution < -0.4 is 5.32 Å². The third-order valence-corrected chi connectivity index (χ3v) is 4.08. The Hall–Kier alpha value is -2.05. The van der Waals surface area contributed by atoms with Gasteiger partial charge in [-0.2, -0.15) is 0 Å². The molecule has 0 radical (unpaired) electrons. The second-order valence-corrected chi connectivity index (χ2v) is 5.94. The molecule has 114 valence electrons. The molecule has 0 fully saturated rings. The van der Waals surface area contributed by atoms with Crippen LogP contribution in [0.5, 0.6) is 0 Å². The molecule has 7 heteroatoms. The lowest BCUT2D eigenvalue weighted by Gasteiger charge is -2.06. The van der Waals surface area contributed by atoms with Crippen molar-refractivity contribution < 1.29 is 9.72 Å². The van der Waals surface area contributed by atoms with E-state index >= 15 is 0 Å². The highest BCUT2D eigenvalue weighted by atomic mass is 35.5. The Morgan fingerprint density at radius 3 is 2.55 bits per heavy atom. The zero-order chi connectivity index (χ0) is 15.9. The number of carbonyl (C=O) groups is 1. The number of halogens is 1. The Balaban J connectivity index is 1.86. The first kappa shape index (κ1) is 16.3. The number of nitrogens with one attached hydrogen (secondary N) is 1. The summed E-state index contributed by atoms with van der Waals surface area (Å²) in [6.45, 7) is 0.415. The second-order valence-electron chi connectivity index (χ2n) is 4.33. The lowest BCUT2D eigenvalue weighted by Crippen LogP contribution is -2.26. The number of nitro benzene ring substituents is 1. The number of para-hydroxylation sites is 1. The molecule has 22 heavy (non-hydrogen) atoms. The Morgan fingerprint density at radius 1 is 1.18 bits per heavy atom. The van der Waals surface area contributed by atoms with Gasteiger partial charge in [-0.3, -0.25) is 14.9 Å². The quantitative estimate of drug-likeness (QED) is 0.377. The number of hydrogen-bond acceptors (Lipinski definition) is 4. The van der Waals surface area contributed by atoms with Gasteiger partial charge in [0.1, 0.15) is 5.56 Å². The Morgan fingerprint density at radius 2 is 1.86 bits per heavy atom. The molecule has 1 amide bonds. The van der Waals surface area contributed by atoms with Gasteiger partial charge in [0.05, 0.1) is 4.92 Å². The lowest BCUT2D eigenvalue weighted by atomic mass is 10.1. The van der Waals surface area contributed by atoms with E-state index in [9.17, 15) is 14.9 Å². The lowest BCUT2D eigenvalue weighted by molar-refractivity contribution is -0.385. The van der Waals surface area contributed by atoms with Crippen molar-refractivity contribution in [3.63, 3.8) is 0 Å². The predicted octanol–water partition coefficient (Wildman–Crippen LogP) is 3.77. The standard InChI is InChI=1S/C15H13ClN2O3S/c16-11-5-7-12(8-6-11)22-10-9-17-15(19)13-3-1-2-4-14(13)18(20)21/h1-8H,9-10H2,(H,17,19). The van der Waals surface area contributed by atoms with E-state index in [0.717, 1.165) is 4.90 Å². The molecule has 0 bridgehead atoms. The molecule has 0 saturated carbocycles. The van der Waals surface area contributed by atoms with Gasteiger partial charge in [-0.1, -0.05) is 23.7 Å². The third-order valence-electron chi connectivity index (χ3n) is 2.82. The molecule has 0 heterocycles. The van der Waals surface area contributed by atoms with Crippen LogP contribution in [0.2, 0.25) is 5.02 Å². The summed E-state index contributed by atoms with van der Waals surface area (Å²) >= 11 is 7.37. The Kier molecular flexibility index (Phi) is 5.80. The summed E-state index contributed by atoms with van der Waals surface area (Å²) in [5, 5.41) is 14.2. The number of carbonyl (C=O) groups excluding carboxylic acids is 1. The predicted molar refractivity (Wildman–Crippen MR) is 87.6 cm³/mol. The fourth-order valence-corrected chi connectivity index (χ4v) is 2.68. The van der Waals surface area contributed by atoms with Gasteiger partial charge in [-0.25, -0.2) is 0 Å². The Labute approximate surface area is 136 Å². The minimum absolute atomic E-state index is 0.0731. The van der Waals surface area contributed by atoms with Gasteiger partial charge in [0.15, 0.2) is 0 Å². The minimum Gasteiger partial charge on any atom is -0.351 e. The van der Waals surface area contributed by atoms with Crippen molar-refractivity contribution in [1.29, 1.82) is 0 Å². The topological polar surface area (TPSA) is 72.2 Å². The summed E-state index contributed by atoms with van der Waals surface area (Å²) < 4.78 is 0. The highest BCUT2D eigenvalue weighted by molar-refractivity contribution is 7.99. The average molecular weight is 337 g/mol. The summed E-state index contributed by atoms with van der Waals surface area (Å²) in [6.07, 6.45) is 0. The largest absolute Gasteiger partial charge is 0.351 e. The van der Waals surface area contributed by atoms with Crippen LogP contribution in [0.3, 0.4) is 0 Å². The van der Waals surface area contributed by atoms with Crippen molar-refractivity contribution in [2.75, 3.05) is 12.3 Å². The molecule has 0 saturated heterocycles. The van der Waals surface area contributed by atoms with Crippen LogP contribution in [0.4, 0.5) is 5.69 Å².